The van der Waals surface area contributed by atoms with Crippen molar-refractivity contribution in [3.63, 3.8) is 0 Å². The van der Waals surface area contributed by atoms with Gasteiger partial charge in [0.2, 0.25) is 5.36 Å². The van der Waals surface area contributed by atoms with Gasteiger partial charge in [-0.3, -0.25) is 0 Å². The normalized spacial score (nSPS) is 19.0. The number of rotatable bonds is 15. The summed E-state index contributed by atoms with van der Waals surface area (Å²) in [5, 5.41) is 36.8. The maximum absolute atomic E-state index is 11.9. The molecule has 15 nitrogen and oxygen atoms in total. The van der Waals surface area contributed by atoms with Gasteiger partial charge in [-0.2, -0.15) is 0 Å². The predicted molar refractivity (Wildman–Crippen MR) is 599 cm³/mol. The van der Waals surface area contributed by atoms with Crippen LogP contribution in [-0.2, 0) is 60.6 Å². The van der Waals surface area contributed by atoms with Gasteiger partial charge in [0.15, 0.2) is 0 Å². The van der Waals surface area contributed by atoms with Crippen LogP contribution in [0.5, 0.6) is 46.0 Å². The van der Waals surface area contributed by atoms with Crippen LogP contribution in [-0.4, -0.2) is 128 Å². The molecule has 0 saturated heterocycles. The lowest BCUT2D eigenvalue weighted by Gasteiger charge is -2.49. The largest absolute Gasteiger partial charge is 0.508 e. The van der Waals surface area contributed by atoms with Crippen molar-refractivity contribution in [1.82, 2.24) is 4.58 Å². The highest BCUT2D eigenvalue weighted by Gasteiger charge is 2.50. The lowest BCUT2D eigenvalue weighted by Crippen LogP contribution is -2.54. The van der Waals surface area contributed by atoms with Gasteiger partial charge in [-0.25, -0.2) is 4.58 Å². The Balaban J connectivity index is 0.000000158. The molecule has 0 aromatic heterocycles. The van der Waals surface area contributed by atoms with Crippen LogP contribution in [0.2, 0.25) is 0 Å². The molecule has 0 saturated carbocycles. The molecule has 19 rings (SSSR count). The number of nitrogens with two attached hydrogens (primary N) is 1. The number of halogens is 1. The third-order valence-electron chi connectivity index (χ3n) is 32.8. The molecule has 0 unspecified atom stereocenters. The first kappa shape index (κ1) is 109. The number of methoxy groups -OCH3 is 3. The number of nitrogens with zero attached hydrogens (tertiary/aromatic N) is 7. The van der Waals surface area contributed by atoms with Crippen LogP contribution in [0.25, 0.3) is 6.08 Å². The number of ether oxygens (including phenoxy) is 4. The van der Waals surface area contributed by atoms with Gasteiger partial charge >= 0.3 is 0 Å². The molecule has 0 spiro atoms. The summed E-state index contributed by atoms with van der Waals surface area (Å²) in [6.07, 6.45) is 23.5. The Morgan fingerprint density at radius 2 is 0.700 bits per heavy atom. The molecule has 11 aliphatic heterocycles. The number of benzene rings is 8. The van der Waals surface area contributed by atoms with Crippen LogP contribution < -0.4 is 69.2 Å². The van der Waals surface area contributed by atoms with Crippen LogP contribution in [0.4, 0.5) is 39.8 Å². The quantitative estimate of drug-likeness (QED) is 0.0439. The summed E-state index contributed by atoms with van der Waals surface area (Å²) >= 11 is 0. The Kier molecular flexibility index (Phi) is 32.4. The second-order valence-electron chi connectivity index (χ2n) is 49.1. The van der Waals surface area contributed by atoms with E-state index in [1.54, 1.807) is 27.4 Å². The lowest BCUT2D eigenvalue weighted by molar-refractivity contribution is 0.316. The minimum Gasteiger partial charge on any atom is -0.508 e. The smallest absolute Gasteiger partial charge is 0.211 e. The number of hydrogen-bond acceptors (Lipinski definition) is 14. The van der Waals surface area contributed by atoms with Gasteiger partial charge in [0.05, 0.1) is 26.9 Å². The fraction of sp³-hybridized carbons (Fsp3) is 0.540. The topological polar surface area (TPSA) is 146 Å². The molecular formula is C124H176ClN8O7+. The molecule has 0 atom stereocenters. The van der Waals surface area contributed by atoms with Crippen LogP contribution in [0.15, 0.2) is 156 Å². The van der Waals surface area contributed by atoms with Gasteiger partial charge in [-0.1, -0.05) is 217 Å². The zero-order chi connectivity index (χ0) is 100. The molecule has 8 aromatic carbocycles. The maximum atomic E-state index is 11.9. The summed E-state index contributed by atoms with van der Waals surface area (Å²) in [4.78, 5) is 14.8. The van der Waals surface area contributed by atoms with E-state index in [-0.39, 0.29) is 74.0 Å². The Morgan fingerprint density at radius 3 is 1.09 bits per heavy atom. The molecule has 16 heteroatoms. The highest BCUT2D eigenvalue weighted by Crippen LogP contribution is 2.60. The first-order valence-corrected chi connectivity index (χ1v) is 51.7. The maximum Gasteiger partial charge on any atom is 0.211 e. The number of allylic oxidation sites excluding steroid dienone is 4. The second kappa shape index (κ2) is 41.7. The van der Waals surface area contributed by atoms with Gasteiger partial charge in [0.1, 0.15) is 59.1 Å². The fourth-order valence-corrected chi connectivity index (χ4v) is 23.1. The van der Waals surface area contributed by atoms with Crippen molar-refractivity contribution < 1.29 is 34.3 Å². The standard InChI is InChI=1S/C33H46N2O2.C33H43N2O.2C17H25NO.C16H23NO.C7H9NO.CH4.ClH/c1-30(2)9-13-34-15-11-32(5,6)24-26(34)22(30)18-20(28(24)36)17-21-19-23-27-25(29(21)37)33(7,8)12-16-35(27)14-10-31(23,3)4;1-30(2)9-13-34-15-11-32(5,6)24-26(34)22(30)18-20-17-21-19-23-27-25(29(21)36-28(20)24)33(7,8)12-16-35(27)14-10-31(23,3)4;2*1-14(2)9-11-18(12-10-15(3)4)16-7-6-8-17(13-16)19-5;1-15(2)7-9-17-10-8-16(3,4)13-12(18)6-5-11(15)14(13)17;1-9-7-4-2-3-6(8)5-7;;/h18-19,36-37H,9-17H2,1-8H3;17-19H,9-16H2,1-8H3;2*6-10,13H,11-12H2,1-5H3;5-6,18H,7-10H2,1-4H3;2-5H,8H2,1H3;1H4;1H/q;+1;;;;;;. The molecule has 0 aliphatic carbocycles. The summed E-state index contributed by atoms with van der Waals surface area (Å²) in [6, 6.07) is 37.3. The average molecular weight is 1930 g/mol. The molecular weight excluding hydrogens is 1750 g/mol. The first-order valence-electron chi connectivity index (χ1n) is 51.7. The van der Waals surface area contributed by atoms with Crippen molar-refractivity contribution in [2.24, 2.45) is 0 Å². The van der Waals surface area contributed by atoms with Gasteiger partial charge in [0, 0.05) is 205 Å². The summed E-state index contributed by atoms with van der Waals surface area (Å²) in [6.45, 7) is 78.9. The lowest BCUT2D eigenvalue weighted by atomic mass is 9.67. The zero-order valence-corrected chi connectivity index (χ0v) is 91.9. The Hall–Kier alpha value is -10.1. The molecule has 8 aromatic rings. The second-order valence-corrected chi connectivity index (χ2v) is 49.1. The Labute approximate surface area is 850 Å². The van der Waals surface area contributed by atoms with E-state index in [0.29, 0.717) is 23.7 Å². The van der Waals surface area contributed by atoms with E-state index in [2.05, 4.69) is 313 Å². The number of fused-ring (bicyclic) bond motifs is 4. The van der Waals surface area contributed by atoms with Gasteiger partial charge < -0.3 is 69.4 Å². The molecule has 0 fully saturated rings. The number of anilines is 7. The molecule has 140 heavy (non-hydrogen) atoms. The van der Waals surface area contributed by atoms with Crippen molar-refractivity contribution in [2.45, 2.75) is 326 Å². The Morgan fingerprint density at radius 1 is 0.371 bits per heavy atom. The van der Waals surface area contributed by atoms with E-state index < -0.39 is 0 Å². The molecule has 0 radical (unpaired) electrons. The van der Waals surface area contributed by atoms with Crippen LogP contribution in [0, 0.1) is 0 Å². The minimum absolute atomic E-state index is 0. The number of nitrogen functional groups attached to an aromatic ring is 1. The van der Waals surface area contributed by atoms with Crippen molar-refractivity contribution >= 4 is 58.3 Å². The predicted octanol–water partition coefficient (Wildman–Crippen LogP) is 27.4. The van der Waals surface area contributed by atoms with E-state index in [1.807, 2.05) is 48.5 Å². The van der Waals surface area contributed by atoms with Gasteiger partial charge in [-0.15, -0.1) is 12.4 Å². The van der Waals surface area contributed by atoms with E-state index >= 15 is 0 Å². The molecule has 5 N–H and O–H groups in total. The summed E-state index contributed by atoms with van der Waals surface area (Å²) < 4.78 is 25.4. The average Bonchev–Trinajstić information content (AvgIpc) is 0.701. The molecule has 760 valence electrons. The first-order chi connectivity index (χ1) is 64.6. The highest BCUT2D eigenvalue weighted by atomic mass is 35.5. The fourth-order valence-electron chi connectivity index (χ4n) is 23.1. The summed E-state index contributed by atoms with van der Waals surface area (Å²) in [7, 11) is 5.03. The van der Waals surface area contributed by atoms with E-state index in [4.69, 9.17) is 24.7 Å². The van der Waals surface area contributed by atoms with E-state index in [1.165, 1.54) is 149 Å². The van der Waals surface area contributed by atoms with Crippen molar-refractivity contribution in [1.29, 1.82) is 0 Å². The van der Waals surface area contributed by atoms with E-state index in [0.717, 1.165) is 180 Å². The third-order valence-corrected chi connectivity index (χ3v) is 32.8. The monoisotopic (exact) mass is 1920 g/mol. The van der Waals surface area contributed by atoms with E-state index in [9.17, 15) is 15.3 Å². The van der Waals surface area contributed by atoms with Crippen LogP contribution >= 0.6 is 12.4 Å². The summed E-state index contributed by atoms with van der Waals surface area (Å²) in [5.41, 5.74) is 36.8. The number of phenols is 3. The minimum atomic E-state index is -0.0809. The number of phenolic OH excluding ortho intramolecular Hbond substituents is 3. The van der Waals surface area contributed by atoms with Gasteiger partial charge in [-0.05, 0) is 256 Å². The molecule has 11 heterocycles. The van der Waals surface area contributed by atoms with Crippen LogP contribution in [0.3, 0.4) is 0 Å². The highest BCUT2D eigenvalue weighted by molar-refractivity contribution is 5.85. The zero-order valence-electron chi connectivity index (χ0n) is 91.0. The van der Waals surface area contributed by atoms with Gasteiger partial charge in [0.25, 0.3) is 0 Å². The summed E-state index contributed by atoms with van der Waals surface area (Å²) in [5.74, 6) is 6.22. The Bertz CT molecular complexity index is 5910. The van der Waals surface area contributed by atoms with Crippen LogP contribution in [0.1, 0.15) is 338 Å². The number of hydrogen-bond donors (Lipinski definition) is 4. The van der Waals surface area contributed by atoms with Crippen molar-refractivity contribution in [2.75, 3.05) is 148 Å². The van der Waals surface area contributed by atoms with Crippen molar-refractivity contribution in [3.05, 3.63) is 239 Å². The molecule has 0 amide bonds. The van der Waals surface area contributed by atoms with Crippen molar-refractivity contribution in [3.8, 4) is 46.0 Å². The molecule has 11 aliphatic rings. The third kappa shape index (κ3) is 22.4. The number of aromatic hydroxyl groups is 3. The SMILES string of the molecule is C.CC1(C)CCN2CCC(C)(C)c3c(O)c(Cc4cc5c6c(c4O)C(C)(C)CCN6CCC5(C)C)cc1c32.CC1(C)CCN2CCC(C)(C)c3c(O)ccc1c32.CC1(C)CCN2CCC(C)(C)c3c4c(cc1c32)C=c1cc2c3c(c1O4)C(C)(C)CC[N+]=3CCC2(C)C.COc1cccc(N(CC=C(C)C)CC=C(C)C)c1.COc1cccc(N(CC=C(C)C)CC=C(C)C)c1.COc1cccc(N)c1.Cl. The molecule has 0 bridgehead atoms.